The molecule has 0 spiro atoms. The number of aliphatic hydroxyl groups is 1. The second kappa shape index (κ2) is 3.68. The van der Waals surface area contributed by atoms with Crippen LogP contribution in [0.15, 0.2) is 22.6 Å². The van der Waals surface area contributed by atoms with Crippen molar-refractivity contribution in [3.8, 4) is 0 Å². The molecule has 0 bridgehead atoms. The number of fused-ring (bicyclic) bond motifs is 1. The third-order valence-electron chi connectivity index (χ3n) is 2.08. The van der Waals surface area contributed by atoms with Crippen molar-refractivity contribution in [2.75, 3.05) is 17.6 Å². The van der Waals surface area contributed by atoms with E-state index in [1.54, 1.807) is 32.0 Å². The van der Waals surface area contributed by atoms with Gasteiger partial charge in [0.05, 0.1) is 5.60 Å². The van der Waals surface area contributed by atoms with Crippen molar-refractivity contribution in [2.45, 2.75) is 19.4 Å². The number of benzene rings is 1. The van der Waals surface area contributed by atoms with Crippen LogP contribution in [0.1, 0.15) is 13.8 Å². The normalized spacial score (nSPS) is 11.9. The topological polar surface area (TPSA) is 84.3 Å². The van der Waals surface area contributed by atoms with E-state index in [0.29, 0.717) is 29.3 Å². The number of hydrogen-bond acceptors (Lipinski definition) is 5. The number of aromatic nitrogens is 1. The minimum atomic E-state index is -0.806. The Morgan fingerprint density at radius 2 is 2.25 bits per heavy atom. The first-order valence-electron chi connectivity index (χ1n) is 5.06. The Bertz CT molecular complexity index is 499. The molecule has 4 N–H and O–H groups in total. The van der Waals surface area contributed by atoms with Crippen LogP contribution in [0.4, 0.5) is 11.7 Å². The van der Waals surface area contributed by atoms with Crippen LogP contribution in [-0.4, -0.2) is 22.2 Å². The molecule has 0 saturated heterocycles. The van der Waals surface area contributed by atoms with Gasteiger partial charge in [0, 0.05) is 12.2 Å². The molecule has 5 heteroatoms. The van der Waals surface area contributed by atoms with E-state index >= 15 is 0 Å². The molecule has 1 aromatic heterocycles. The summed E-state index contributed by atoms with van der Waals surface area (Å²) in [5.74, 6) is 0. The van der Waals surface area contributed by atoms with Crippen LogP contribution in [0, 0.1) is 0 Å². The predicted octanol–water partition coefficient (Wildman–Crippen LogP) is 1.59. The Hall–Kier alpha value is -1.75. The smallest absolute Gasteiger partial charge is 0.295 e. The fourth-order valence-electron chi connectivity index (χ4n) is 1.31. The molecule has 1 aromatic carbocycles. The largest absolute Gasteiger partial charge is 0.424 e. The standard InChI is InChI=1S/C11H15N3O2/c1-11(2,15)6-13-10-14-8-5-7(12)3-4-9(8)16-10/h3-5,15H,6,12H2,1-2H3,(H,13,14). The maximum absolute atomic E-state index is 9.55. The van der Waals surface area contributed by atoms with E-state index in [-0.39, 0.29) is 0 Å². The molecule has 0 atom stereocenters. The van der Waals surface area contributed by atoms with Gasteiger partial charge in [0.1, 0.15) is 5.52 Å². The van der Waals surface area contributed by atoms with Crippen LogP contribution in [-0.2, 0) is 0 Å². The molecule has 2 aromatic rings. The number of anilines is 2. The summed E-state index contributed by atoms with van der Waals surface area (Å²) < 4.78 is 5.43. The zero-order valence-corrected chi connectivity index (χ0v) is 9.32. The maximum Gasteiger partial charge on any atom is 0.295 e. The fraction of sp³-hybridized carbons (Fsp3) is 0.364. The molecule has 1 heterocycles. The molecule has 16 heavy (non-hydrogen) atoms. The van der Waals surface area contributed by atoms with E-state index in [1.165, 1.54) is 0 Å². The van der Waals surface area contributed by atoms with Gasteiger partial charge < -0.3 is 20.6 Å². The van der Waals surface area contributed by atoms with Gasteiger partial charge in [-0.2, -0.15) is 4.98 Å². The summed E-state index contributed by atoms with van der Waals surface area (Å²) in [6.07, 6.45) is 0. The average Bonchev–Trinajstić information content (AvgIpc) is 2.55. The number of nitrogens with two attached hydrogens (primary N) is 1. The van der Waals surface area contributed by atoms with Crippen molar-refractivity contribution in [3.63, 3.8) is 0 Å². The Balaban J connectivity index is 2.20. The van der Waals surface area contributed by atoms with Gasteiger partial charge in [-0.25, -0.2) is 0 Å². The molecule has 0 saturated carbocycles. The van der Waals surface area contributed by atoms with Gasteiger partial charge in [0.2, 0.25) is 0 Å². The molecule has 0 unspecified atom stereocenters. The molecular weight excluding hydrogens is 206 g/mol. The van der Waals surface area contributed by atoms with Crippen molar-refractivity contribution >= 4 is 22.8 Å². The average molecular weight is 221 g/mol. The zero-order valence-electron chi connectivity index (χ0n) is 9.32. The van der Waals surface area contributed by atoms with Crippen LogP contribution >= 0.6 is 0 Å². The molecule has 0 radical (unpaired) electrons. The minimum absolute atomic E-state index is 0.370. The zero-order chi connectivity index (χ0) is 11.8. The SMILES string of the molecule is CC(C)(O)CNc1nc2cc(N)ccc2o1. The Morgan fingerprint density at radius 1 is 1.50 bits per heavy atom. The van der Waals surface area contributed by atoms with E-state index < -0.39 is 5.60 Å². The van der Waals surface area contributed by atoms with Gasteiger partial charge in [0.25, 0.3) is 6.01 Å². The Labute approximate surface area is 93.3 Å². The highest BCUT2D eigenvalue weighted by Gasteiger charge is 2.14. The van der Waals surface area contributed by atoms with Crippen molar-refractivity contribution in [3.05, 3.63) is 18.2 Å². The van der Waals surface area contributed by atoms with Gasteiger partial charge in [-0.1, -0.05) is 0 Å². The Kier molecular flexibility index (Phi) is 2.47. The summed E-state index contributed by atoms with van der Waals surface area (Å²) in [5.41, 5.74) is 6.86. The molecule has 0 amide bonds. The summed E-state index contributed by atoms with van der Waals surface area (Å²) >= 11 is 0. The predicted molar refractivity (Wildman–Crippen MR) is 63.2 cm³/mol. The summed E-state index contributed by atoms with van der Waals surface area (Å²) in [4.78, 5) is 4.21. The summed E-state index contributed by atoms with van der Waals surface area (Å²) in [7, 11) is 0. The van der Waals surface area contributed by atoms with Crippen LogP contribution in [0.3, 0.4) is 0 Å². The molecular formula is C11H15N3O2. The molecule has 0 aliphatic rings. The van der Waals surface area contributed by atoms with Crippen LogP contribution in [0.2, 0.25) is 0 Å². The first-order valence-corrected chi connectivity index (χ1v) is 5.06. The number of nitrogens with one attached hydrogen (secondary N) is 1. The Morgan fingerprint density at radius 3 is 2.94 bits per heavy atom. The van der Waals surface area contributed by atoms with Gasteiger partial charge in [-0.15, -0.1) is 0 Å². The molecule has 5 nitrogen and oxygen atoms in total. The van der Waals surface area contributed by atoms with Gasteiger partial charge >= 0.3 is 0 Å². The number of rotatable bonds is 3. The number of nitrogen functional groups attached to an aromatic ring is 1. The first-order chi connectivity index (χ1) is 7.44. The van der Waals surface area contributed by atoms with Gasteiger partial charge in [-0.05, 0) is 32.0 Å². The van der Waals surface area contributed by atoms with Gasteiger partial charge in [0.15, 0.2) is 5.58 Å². The summed E-state index contributed by atoms with van der Waals surface area (Å²) in [6.45, 7) is 3.79. The highest BCUT2D eigenvalue weighted by atomic mass is 16.4. The monoisotopic (exact) mass is 221 g/mol. The lowest BCUT2D eigenvalue weighted by molar-refractivity contribution is 0.0939. The lowest BCUT2D eigenvalue weighted by Crippen LogP contribution is -2.29. The number of oxazole rings is 1. The molecule has 0 aliphatic heterocycles. The number of hydrogen-bond donors (Lipinski definition) is 3. The van der Waals surface area contributed by atoms with E-state index in [9.17, 15) is 5.11 Å². The van der Waals surface area contributed by atoms with E-state index in [1.807, 2.05) is 0 Å². The maximum atomic E-state index is 9.55. The molecule has 0 aliphatic carbocycles. The quantitative estimate of drug-likeness (QED) is 0.685. The van der Waals surface area contributed by atoms with Crippen molar-refractivity contribution in [1.82, 2.24) is 4.98 Å². The summed E-state index contributed by atoms with van der Waals surface area (Å²) in [6, 6.07) is 5.66. The van der Waals surface area contributed by atoms with E-state index in [0.717, 1.165) is 0 Å². The highest BCUT2D eigenvalue weighted by molar-refractivity contribution is 5.78. The third-order valence-corrected chi connectivity index (χ3v) is 2.08. The second-order valence-electron chi connectivity index (χ2n) is 4.41. The second-order valence-corrected chi connectivity index (χ2v) is 4.41. The van der Waals surface area contributed by atoms with Crippen LogP contribution < -0.4 is 11.1 Å². The third kappa shape index (κ3) is 2.43. The molecule has 2 rings (SSSR count). The number of nitrogens with zero attached hydrogens (tertiary/aromatic N) is 1. The van der Waals surface area contributed by atoms with Crippen molar-refractivity contribution in [1.29, 1.82) is 0 Å². The van der Waals surface area contributed by atoms with E-state index in [2.05, 4.69) is 10.3 Å². The van der Waals surface area contributed by atoms with Crippen molar-refractivity contribution < 1.29 is 9.52 Å². The molecule has 0 fully saturated rings. The highest BCUT2D eigenvalue weighted by Crippen LogP contribution is 2.21. The minimum Gasteiger partial charge on any atom is -0.424 e. The van der Waals surface area contributed by atoms with Crippen LogP contribution in [0.25, 0.3) is 11.1 Å². The molecule has 86 valence electrons. The summed E-state index contributed by atoms with van der Waals surface area (Å²) in [5, 5.41) is 12.5. The first kappa shape index (κ1) is 10.8. The van der Waals surface area contributed by atoms with Crippen molar-refractivity contribution in [2.24, 2.45) is 0 Å². The van der Waals surface area contributed by atoms with Gasteiger partial charge in [-0.3, -0.25) is 0 Å². The lowest BCUT2D eigenvalue weighted by atomic mass is 10.1. The van der Waals surface area contributed by atoms with E-state index in [4.69, 9.17) is 10.2 Å². The lowest BCUT2D eigenvalue weighted by Gasteiger charge is -2.16. The van der Waals surface area contributed by atoms with Crippen LogP contribution in [0.5, 0.6) is 0 Å². The fourth-order valence-corrected chi connectivity index (χ4v) is 1.31.